The normalized spacial score (nSPS) is 23.4. The van der Waals surface area contributed by atoms with Crippen LogP contribution in [0.5, 0.6) is 0 Å². The first-order valence-electron chi connectivity index (χ1n) is 5.81. The molecule has 0 radical (unpaired) electrons. The van der Waals surface area contributed by atoms with Crippen molar-refractivity contribution in [3.63, 3.8) is 0 Å². The molecule has 0 saturated heterocycles. The smallest absolute Gasteiger partial charge is 0.139 e. The van der Waals surface area contributed by atoms with E-state index in [9.17, 15) is 0 Å². The van der Waals surface area contributed by atoms with Crippen molar-refractivity contribution in [3.05, 3.63) is 57.8 Å². The van der Waals surface area contributed by atoms with Crippen LogP contribution >= 0.6 is 27.5 Å². The Kier molecular flexibility index (Phi) is 2.87. The van der Waals surface area contributed by atoms with Crippen LogP contribution in [-0.4, -0.2) is 0 Å². The quantitative estimate of drug-likeness (QED) is 0.667. The molecule has 2 aromatic rings. The van der Waals surface area contributed by atoms with Crippen molar-refractivity contribution in [2.45, 2.75) is 18.8 Å². The Hall–Kier alpha value is -0.990. The second-order valence-corrected chi connectivity index (χ2v) is 6.13. The molecule has 1 nitrogen and oxygen atoms in total. The molecule has 1 aromatic carbocycles. The van der Waals surface area contributed by atoms with Crippen LogP contribution in [0.15, 0.2) is 51.6 Å². The lowest BCUT2D eigenvalue weighted by molar-refractivity contribution is 0.564. The Bertz CT molecular complexity index is 668. The first kappa shape index (κ1) is 12.1. The molecule has 0 bridgehead atoms. The average molecular weight is 324 g/mol. The topological polar surface area (TPSA) is 13.1 Å². The van der Waals surface area contributed by atoms with Gasteiger partial charge < -0.3 is 4.42 Å². The maximum Gasteiger partial charge on any atom is 0.139 e. The predicted molar refractivity (Wildman–Crippen MR) is 79.3 cm³/mol. The van der Waals surface area contributed by atoms with Gasteiger partial charge in [-0.15, -0.1) is 0 Å². The van der Waals surface area contributed by atoms with E-state index in [0.717, 1.165) is 26.9 Å². The van der Waals surface area contributed by atoms with Gasteiger partial charge >= 0.3 is 0 Å². The van der Waals surface area contributed by atoms with E-state index in [2.05, 4.69) is 47.1 Å². The van der Waals surface area contributed by atoms with E-state index < -0.39 is 0 Å². The maximum absolute atomic E-state index is 6.18. The summed E-state index contributed by atoms with van der Waals surface area (Å²) in [6.45, 7) is 2.21. The van der Waals surface area contributed by atoms with Gasteiger partial charge in [-0.2, -0.15) is 0 Å². The highest BCUT2D eigenvalue weighted by Crippen LogP contribution is 2.40. The van der Waals surface area contributed by atoms with E-state index in [1.165, 1.54) is 5.56 Å². The number of allylic oxidation sites excluding steroid dienone is 4. The van der Waals surface area contributed by atoms with Gasteiger partial charge in [0, 0.05) is 20.8 Å². The number of rotatable bonds is 1. The van der Waals surface area contributed by atoms with Gasteiger partial charge in [-0.1, -0.05) is 58.7 Å². The minimum Gasteiger partial charge on any atom is -0.464 e. The molecular formula is C15H12BrClO. The Balaban J connectivity index is 2.24. The van der Waals surface area contributed by atoms with E-state index in [1.807, 2.05) is 12.1 Å². The van der Waals surface area contributed by atoms with Crippen molar-refractivity contribution >= 4 is 38.5 Å². The van der Waals surface area contributed by atoms with Crippen LogP contribution in [0.2, 0.25) is 5.02 Å². The van der Waals surface area contributed by atoms with Gasteiger partial charge in [0.15, 0.2) is 0 Å². The van der Waals surface area contributed by atoms with Gasteiger partial charge in [0.05, 0.1) is 11.3 Å². The summed E-state index contributed by atoms with van der Waals surface area (Å²) < 4.78 is 6.73. The monoisotopic (exact) mass is 322 g/mol. The molecule has 0 aliphatic heterocycles. The molecule has 1 unspecified atom stereocenters. The number of benzene rings is 1. The number of fused-ring (bicyclic) bond motifs is 1. The fourth-order valence-corrected chi connectivity index (χ4v) is 3.40. The molecule has 1 aliphatic rings. The zero-order valence-corrected chi connectivity index (χ0v) is 12.3. The molecule has 1 aliphatic carbocycles. The largest absolute Gasteiger partial charge is 0.464 e. The van der Waals surface area contributed by atoms with Crippen LogP contribution in [0.3, 0.4) is 0 Å². The van der Waals surface area contributed by atoms with E-state index >= 15 is 0 Å². The SMILES string of the molecule is CC1(c2ccc(Cl)c3ccoc23)C=C(Br)C=CC1. The molecule has 1 atom stereocenters. The van der Waals surface area contributed by atoms with Crippen LogP contribution in [-0.2, 0) is 5.41 Å². The maximum atomic E-state index is 6.18. The Morgan fingerprint density at radius 1 is 1.33 bits per heavy atom. The second kappa shape index (κ2) is 4.29. The number of hydrogen-bond donors (Lipinski definition) is 0. The van der Waals surface area contributed by atoms with E-state index in [1.54, 1.807) is 6.26 Å². The van der Waals surface area contributed by atoms with Gasteiger partial charge in [-0.05, 0) is 18.6 Å². The minimum absolute atomic E-state index is 0.0612. The summed E-state index contributed by atoms with van der Waals surface area (Å²) in [5.41, 5.74) is 2.00. The van der Waals surface area contributed by atoms with E-state index in [4.69, 9.17) is 16.0 Å². The molecule has 0 saturated carbocycles. The van der Waals surface area contributed by atoms with E-state index in [0.29, 0.717) is 0 Å². The fraction of sp³-hybridized carbons (Fsp3) is 0.200. The van der Waals surface area contributed by atoms with Crippen LogP contribution in [0.4, 0.5) is 0 Å². The first-order valence-corrected chi connectivity index (χ1v) is 6.98. The summed E-state index contributed by atoms with van der Waals surface area (Å²) in [6.07, 6.45) is 9.13. The third-order valence-electron chi connectivity index (χ3n) is 3.45. The van der Waals surface area contributed by atoms with Crippen molar-refractivity contribution in [3.8, 4) is 0 Å². The molecule has 0 spiro atoms. The highest BCUT2D eigenvalue weighted by Gasteiger charge is 2.28. The summed E-state index contributed by atoms with van der Waals surface area (Å²) in [5.74, 6) is 0. The number of hydrogen-bond acceptors (Lipinski definition) is 1. The molecule has 1 heterocycles. The van der Waals surface area contributed by atoms with Crippen molar-refractivity contribution in [1.29, 1.82) is 0 Å². The molecule has 18 heavy (non-hydrogen) atoms. The van der Waals surface area contributed by atoms with Gasteiger partial charge in [-0.25, -0.2) is 0 Å². The standard InChI is InChI=1S/C15H12BrClO/c1-15(7-2-3-10(16)9-15)12-4-5-13(17)11-6-8-18-14(11)12/h2-6,8-9H,7H2,1H3. The second-order valence-electron chi connectivity index (χ2n) is 4.81. The molecule has 0 amide bonds. The molecule has 3 heteroatoms. The molecule has 0 N–H and O–H groups in total. The van der Waals surface area contributed by atoms with Crippen LogP contribution in [0, 0.1) is 0 Å². The fourth-order valence-electron chi connectivity index (χ4n) is 2.49. The van der Waals surface area contributed by atoms with Crippen LogP contribution < -0.4 is 0 Å². The summed E-state index contributed by atoms with van der Waals surface area (Å²) in [7, 11) is 0. The summed E-state index contributed by atoms with van der Waals surface area (Å²) in [6, 6.07) is 5.92. The predicted octanol–water partition coefficient (Wildman–Crippen LogP) is 5.58. The summed E-state index contributed by atoms with van der Waals surface area (Å²) in [4.78, 5) is 0. The average Bonchev–Trinajstić information content (AvgIpc) is 2.78. The number of halogens is 2. The van der Waals surface area contributed by atoms with E-state index in [-0.39, 0.29) is 5.41 Å². The summed E-state index contributed by atoms with van der Waals surface area (Å²) >= 11 is 9.73. The van der Waals surface area contributed by atoms with Crippen molar-refractivity contribution < 1.29 is 4.42 Å². The van der Waals surface area contributed by atoms with Crippen LogP contribution in [0.25, 0.3) is 11.0 Å². The molecule has 92 valence electrons. The zero-order valence-electron chi connectivity index (χ0n) is 9.91. The lowest BCUT2D eigenvalue weighted by atomic mass is 9.77. The Morgan fingerprint density at radius 2 is 2.17 bits per heavy atom. The van der Waals surface area contributed by atoms with Crippen molar-refractivity contribution in [1.82, 2.24) is 0 Å². The highest BCUT2D eigenvalue weighted by molar-refractivity contribution is 9.11. The lowest BCUT2D eigenvalue weighted by Crippen LogP contribution is -2.20. The Labute approximate surface area is 119 Å². The summed E-state index contributed by atoms with van der Waals surface area (Å²) in [5, 5.41) is 1.72. The Morgan fingerprint density at radius 3 is 2.94 bits per heavy atom. The number of furan rings is 1. The molecule has 1 aromatic heterocycles. The molecule has 0 fully saturated rings. The zero-order chi connectivity index (χ0) is 12.8. The van der Waals surface area contributed by atoms with Gasteiger partial charge in [0.2, 0.25) is 0 Å². The minimum atomic E-state index is -0.0612. The first-order chi connectivity index (χ1) is 8.60. The highest BCUT2D eigenvalue weighted by atomic mass is 79.9. The van der Waals surface area contributed by atoms with Crippen molar-refractivity contribution in [2.75, 3.05) is 0 Å². The molecule has 3 rings (SSSR count). The molecular weight excluding hydrogens is 312 g/mol. The van der Waals surface area contributed by atoms with Gasteiger partial charge in [-0.3, -0.25) is 0 Å². The lowest BCUT2D eigenvalue weighted by Gasteiger charge is -2.28. The van der Waals surface area contributed by atoms with Crippen molar-refractivity contribution in [2.24, 2.45) is 0 Å². The van der Waals surface area contributed by atoms with Crippen LogP contribution in [0.1, 0.15) is 18.9 Å². The van der Waals surface area contributed by atoms with Gasteiger partial charge in [0.1, 0.15) is 5.58 Å². The third-order valence-corrected chi connectivity index (χ3v) is 4.28. The van der Waals surface area contributed by atoms with Gasteiger partial charge in [0.25, 0.3) is 0 Å². The third kappa shape index (κ3) is 1.84.